The van der Waals surface area contributed by atoms with Crippen molar-refractivity contribution in [2.24, 2.45) is 17.8 Å². The summed E-state index contributed by atoms with van der Waals surface area (Å²) in [5.74, 6) is -2.14. The highest BCUT2D eigenvalue weighted by Crippen LogP contribution is 2.36. The van der Waals surface area contributed by atoms with Crippen molar-refractivity contribution in [2.45, 2.75) is 52.5 Å². The SMILES string of the molecule is CC1C[C@H](C(=O)NCCC(=O)NC(C)(C)C)[C@H](C(=O)O)C1. The third-order valence-electron chi connectivity index (χ3n) is 3.62. The average molecular weight is 298 g/mol. The Morgan fingerprint density at radius 2 is 1.71 bits per heavy atom. The van der Waals surface area contributed by atoms with E-state index >= 15 is 0 Å². The van der Waals surface area contributed by atoms with Crippen LogP contribution in [0.4, 0.5) is 0 Å². The van der Waals surface area contributed by atoms with Gasteiger partial charge in [-0.05, 0) is 39.5 Å². The molecule has 0 aliphatic heterocycles. The highest BCUT2D eigenvalue weighted by Gasteiger charge is 2.40. The zero-order valence-corrected chi connectivity index (χ0v) is 13.2. The van der Waals surface area contributed by atoms with Gasteiger partial charge in [0, 0.05) is 18.5 Å². The van der Waals surface area contributed by atoms with Gasteiger partial charge in [0.15, 0.2) is 0 Å². The minimum atomic E-state index is -0.912. The zero-order chi connectivity index (χ0) is 16.2. The van der Waals surface area contributed by atoms with Gasteiger partial charge in [0.2, 0.25) is 11.8 Å². The van der Waals surface area contributed by atoms with Crippen molar-refractivity contribution in [3.63, 3.8) is 0 Å². The zero-order valence-electron chi connectivity index (χ0n) is 13.2. The normalized spacial score (nSPS) is 25.4. The minimum absolute atomic E-state index is 0.127. The van der Waals surface area contributed by atoms with Crippen LogP contribution in [0.25, 0.3) is 0 Å². The van der Waals surface area contributed by atoms with Crippen LogP contribution in [0.3, 0.4) is 0 Å². The monoisotopic (exact) mass is 298 g/mol. The maximum absolute atomic E-state index is 12.1. The van der Waals surface area contributed by atoms with Crippen LogP contribution >= 0.6 is 0 Å². The number of hydrogen-bond acceptors (Lipinski definition) is 3. The Balaban J connectivity index is 2.40. The summed E-state index contributed by atoms with van der Waals surface area (Å²) in [5.41, 5.74) is -0.295. The first-order chi connectivity index (χ1) is 9.60. The molecule has 1 fully saturated rings. The van der Waals surface area contributed by atoms with Gasteiger partial charge in [-0.1, -0.05) is 6.92 Å². The Morgan fingerprint density at radius 3 is 2.24 bits per heavy atom. The number of carboxylic acid groups (broad SMARTS) is 1. The van der Waals surface area contributed by atoms with Gasteiger partial charge in [-0.15, -0.1) is 0 Å². The van der Waals surface area contributed by atoms with Gasteiger partial charge < -0.3 is 15.7 Å². The van der Waals surface area contributed by atoms with E-state index in [1.165, 1.54) is 0 Å². The van der Waals surface area contributed by atoms with E-state index in [4.69, 9.17) is 5.11 Å². The Kier molecular flexibility index (Phi) is 5.75. The number of hydrogen-bond donors (Lipinski definition) is 3. The first-order valence-corrected chi connectivity index (χ1v) is 7.41. The molecule has 1 aliphatic carbocycles. The van der Waals surface area contributed by atoms with Crippen molar-refractivity contribution < 1.29 is 19.5 Å². The van der Waals surface area contributed by atoms with Crippen molar-refractivity contribution in [1.29, 1.82) is 0 Å². The summed E-state index contributed by atoms with van der Waals surface area (Å²) in [6.07, 6.45) is 1.33. The summed E-state index contributed by atoms with van der Waals surface area (Å²) in [5, 5.41) is 14.6. The second-order valence-electron chi connectivity index (χ2n) is 6.97. The molecule has 0 aromatic carbocycles. The molecule has 0 spiro atoms. The van der Waals surface area contributed by atoms with E-state index in [9.17, 15) is 14.4 Å². The molecule has 21 heavy (non-hydrogen) atoms. The summed E-state index contributed by atoms with van der Waals surface area (Å²) in [6.45, 7) is 7.86. The van der Waals surface area contributed by atoms with Crippen molar-refractivity contribution in [3.8, 4) is 0 Å². The van der Waals surface area contributed by atoms with Gasteiger partial charge in [0.1, 0.15) is 0 Å². The van der Waals surface area contributed by atoms with Crippen LogP contribution in [0.2, 0.25) is 0 Å². The number of nitrogens with one attached hydrogen (secondary N) is 2. The standard InChI is InChI=1S/C15H26N2O4/c1-9-7-10(11(8-9)14(20)21)13(19)16-6-5-12(18)17-15(2,3)4/h9-11H,5-8H2,1-4H3,(H,16,19)(H,17,18)(H,20,21)/t9?,10-,11+/m0/s1. The van der Waals surface area contributed by atoms with Gasteiger partial charge in [0.05, 0.1) is 11.8 Å². The third-order valence-corrected chi connectivity index (χ3v) is 3.62. The third kappa shape index (κ3) is 5.73. The highest BCUT2D eigenvalue weighted by molar-refractivity contribution is 5.85. The topological polar surface area (TPSA) is 95.5 Å². The predicted molar refractivity (Wildman–Crippen MR) is 78.5 cm³/mol. The van der Waals surface area contributed by atoms with Gasteiger partial charge in [-0.3, -0.25) is 14.4 Å². The maximum atomic E-state index is 12.1. The van der Waals surface area contributed by atoms with Crippen LogP contribution in [0.5, 0.6) is 0 Å². The Morgan fingerprint density at radius 1 is 1.14 bits per heavy atom. The molecule has 2 amide bonds. The molecule has 6 nitrogen and oxygen atoms in total. The lowest BCUT2D eigenvalue weighted by Gasteiger charge is -2.21. The van der Waals surface area contributed by atoms with Crippen LogP contribution < -0.4 is 10.6 Å². The summed E-state index contributed by atoms with van der Waals surface area (Å²) < 4.78 is 0. The number of aliphatic carboxylic acids is 1. The Hall–Kier alpha value is -1.59. The lowest BCUT2D eigenvalue weighted by atomic mass is 9.95. The Bertz CT molecular complexity index is 414. The number of rotatable bonds is 5. The summed E-state index contributed by atoms with van der Waals surface area (Å²) in [7, 11) is 0. The molecule has 1 aliphatic rings. The van der Waals surface area contributed by atoms with Gasteiger partial charge in [0.25, 0.3) is 0 Å². The van der Waals surface area contributed by atoms with Crippen molar-refractivity contribution in [2.75, 3.05) is 6.54 Å². The van der Waals surface area contributed by atoms with Crippen LogP contribution in [0.1, 0.15) is 47.0 Å². The van der Waals surface area contributed by atoms with Crippen LogP contribution in [0, 0.1) is 17.8 Å². The van der Waals surface area contributed by atoms with Crippen LogP contribution in [-0.2, 0) is 14.4 Å². The molecule has 0 aromatic heterocycles. The average Bonchev–Trinajstić information content (AvgIpc) is 2.69. The van der Waals surface area contributed by atoms with E-state index in [2.05, 4.69) is 10.6 Å². The fourth-order valence-electron chi connectivity index (χ4n) is 2.77. The van der Waals surface area contributed by atoms with Crippen LogP contribution in [-0.4, -0.2) is 35.0 Å². The van der Waals surface area contributed by atoms with E-state index < -0.39 is 17.8 Å². The quantitative estimate of drug-likeness (QED) is 0.709. The molecule has 120 valence electrons. The predicted octanol–water partition coefficient (Wildman–Crippen LogP) is 1.15. The van der Waals surface area contributed by atoms with E-state index in [-0.39, 0.29) is 36.2 Å². The fourth-order valence-corrected chi connectivity index (χ4v) is 2.77. The molecule has 3 atom stereocenters. The first-order valence-electron chi connectivity index (χ1n) is 7.41. The molecule has 1 rings (SSSR count). The largest absolute Gasteiger partial charge is 0.481 e. The van der Waals surface area contributed by atoms with E-state index in [1.54, 1.807) is 0 Å². The first kappa shape index (κ1) is 17.5. The minimum Gasteiger partial charge on any atom is -0.481 e. The van der Waals surface area contributed by atoms with Gasteiger partial charge in [-0.25, -0.2) is 0 Å². The molecule has 1 saturated carbocycles. The van der Waals surface area contributed by atoms with Crippen molar-refractivity contribution in [3.05, 3.63) is 0 Å². The summed E-state index contributed by atoms with van der Waals surface area (Å²) >= 11 is 0. The van der Waals surface area contributed by atoms with Gasteiger partial charge in [-0.2, -0.15) is 0 Å². The lowest BCUT2D eigenvalue weighted by molar-refractivity contribution is -0.146. The lowest BCUT2D eigenvalue weighted by Crippen LogP contribution is -2.42. The van der Waals surface area contributed by atoms with Gasteiger partial charge >= 0.3 is 5.97 Å². The second kappa shape index (κ2) is 6.91. The number of amides is 2. The molecule has 0 aromatic rings. The number of carbonyl (C=O) groups is 3. The molecule has 0 bridgehead atoms. The molecule has 0 radical (unpaired) electrons. The van der Waals surface area contributed by atoms with E-state index in [1.807, 2.05) is 27.7 Å². The molecule has 0 heterocycles. The molecular formula is C15H26N2O4. The Labute approximate surface area is 125 Å². The second-order valence-corrected chi connectivity index (χ2v) is 6.97. The summed E-state index contributed by atoms with van der Waals surface area (Å²) in [6, 6.07) is 0. The fraction of sp³-hybridized carbons (Fsp3) is 0.800. The molecule has 0 saturated heterocycles. The van der Waals surface area contributed by atoms with Crippen LogP contribution in [0.15, 0.2) is 0 Å². The smallest absolute Gasteiger partial charge is 0.307 e. The summed E-state index contributed by atoms with van der Waals surface area (Å²) in [4.78, 5) is 34.9. The maximum Gasteiger partial charge on any atom is 0.307 e. The molecular weight excluding hydrogens is 272 g/mol. The van der Waals surface area contributed by atoms with E-state index in [0.717, 1.165) is 0 Å². The number of carbonyl (C=O) groups excluding carboxylic acids is 2. The molecule has 6 heteroatoms. The molecule has 3 N–H and O–H groups in total. The molecule has 1 unspecified atom stereocenters. The van der Waals surface area contributed by atoms with Crippen molar-refractivity contribution in [1.82, 2.24) is 10.6 Å². The highest BCUT2D eigenvalue weighted by atomic mass is 16.4. The van der Waals surface area contributed by atoms with E-state index in [0.29, 0.717) is 12.8 Å². The van der Waals surface area contributed by atoms with Crippen molar-refractivity contribution >= 4 is 17.8 Å². The number of carboxylic acids is 1.